The summed E-state index contributed by atoms with van der Waals surface area (Å²) in [7, 11) is 0. The number of nitrogens with zero attached hydrogens (tertiary/aromatic N) is 2. The van der Waals surface area contributed by atoms with Crippen molar-refractivity contribution in [2.75, 3.05) is 11.9 Å². The van der Waals surface area contributed by atoms with Crippen molar-refractivity contribution in [1.29, 1.82) is 0 Å². The van der Waals surface area contributed by atoms with Gasteiger partial charge >= 0.3 is 0 Å². The van der Waals surface area contributed by atoms with Gasteiger partial charge in [0.1, 0.15) is 5.82 Å². The Bertz CT molecular complexity index is 353. The van der Waals surface area contributed by atoms with Gasteiger partial charge in [-0.3, -0.25) is 0 Å². The quantitative estimate of drug-likeness (QED) is 0.880. The summed E-state index contributed by atoms with van der Waals surface area (Å²) in [6.07, 6.45) is 6.86. The summed E-state index contributed by atoms with van der Waals surface area (Å²) in [6.45, 7) is 7.70. The largest absolute Gasteiger partial charge is 0.360 e. The highest BCUT2D eigenvalue weighted by Gasteiger charge is 2.26. The van der Waals surface area contributed by atoms with E-state index in [1.165, 1.54) is 43.6 Å². The van der Waals surface area contributed by atoms with Crippen molar-refractivity contribution >= 4 is 16.7 Å². The van der Waals surface area contributed by atoms with Gasteiger partial charge in [-0.25, -0.2) is 4.98 Å². The van der Waals surface area contributed by atoms with Crippen LogP contribution in [0.2, 0.25) is 0 Å². The van der Waals surface area contributed by atoms with Gasteiger partial charge in [0.2, 0.25) is 5.13 Å². The Balaban J connectivity index is 1.88. The van der Waals surface area contributed by atoms with Crippen LogP contribution in [-0.4, -0.2) is 15.9 Å². The van der Waals surface area contributed by atoms with E-state index >= 15 is 0 Å². The third kappa shape index (κ3) is 3.41. The average molecular weight is 253 g/mol. The predicted octanol–water partition coefficient (Wildman–Crippen LogP) is 4.04. The first-order valence-electron chi connectivity index (χ1n) is 6.67. The van der Waals surface area contributed by atoms with Gasteiger partial charge in [0, 0.05) is 24.0 Å². The molecule has 0 saturated heterocycles. The van der Waals surface area contributed by atoms with E-state index < -0.39 is 0 Å². The number of rotatable bonds is 4. The van der Waals surface area contributed by atoms with Crippen LogP contribution in [0.5, 0.6) is 0 Å². The number of hydrogen-bond donors (Lipinski definition) is 1. The zero-order valence-corrected chi connectivity index (χ0v) is 11.9. The molecular weight excluding hydrogens is 230 g/mol. The summed E-state index contributed by atoms with van der Waals surface area (Å²) < 4.78 is 4.37. The zero-order chi connectivity index (χ0) is 12.3. The summed E-state index contributed by atoms with van der Waals surface area (Å²) in [6, 6.07) is 0. The first-order valence-corrected chi connectivity index (χ1v) is 7.44. The number of aromatic nitrogens is 2. The van der Waals surface area contributed by atoms with Gasteiger partial charge in [0.15, 0.2) is 0 Å². The molecule has 2 rings (SSSR count). The molecule has 96 valence electrons. The van der Waals surface area contributed by atoms with E-state index in [-0.39, 0.29) is 0 Å². The van der Waals surface area contributed by atoms with E-state index in [0.717, 1.165) is 17.5 Å². The highest BCUT2D eigenvalue weighted by molar-refractivity contribution is 7.09. The topological polar surface area (TPSA) is 37.8 Å². The van der Waals surface area contributed by atoms with Crippen LogP contribution in [0.4, 0.5) is 5.13 Å². The van der Waals surface area contributed by atoms with Gasteiger partial charge in [-0.15, -0.1) is 0 Å². The van der Waals surface area contributed by atoms with Gasteiger partial charge in [-0.05, 0) is 18.3 Å². The molecular formula is C13H23N3S. The van der Waals surface area contributed by atoms with Gasteiger partial charge < -0.3 is 5.32 Å². The molecule has 1 aliphatic carbocycles. The summed E-state index contributed by atoms with van der Waals surface area (Å²) in [5, 5.41) is 4.46. The lowest BCUT2D eigenvalue weighted by Gasteiger charge is -2.33. The maximum Gasteiger partial charge on any atom is 0.202 e. The van der Waals surface area contributed by atoms with Gasteiger partial charge in [-0.2, -0.15) is 4.37 Å². The molecule has 0 spiro atoms. The Morgan fingerprint density at radius 2 is 2.00 bits per heavy atom. The molecule has 0 aliphatic heterocycles. The molecule has 3 nitrogen and oxygen atoms in total. The van der Waals surface area contributed by atoms with Crippen LogP contribution in [0.1, 0.15) is 64.6 Å². The highest BCUT2D eigenvalue weighted by Crippen LogP contribution is 2.35. The summed E-state index contributed by atoms with van der Waals surface area (Å²) >= 11 is 1.49. The van der Waals surface area contributed by atoms with Crippen LogP contribution in [0.3, 0.4) is 0 Å². The molecule has 1 aromatic rings. The number of nitrogens with one attached hydrogen (secondary N) is 1. The molecule has 0 unspecified atom stereocenters. The van der Waals surface area contributed by atoms with E-state index in [9.17, 15) is 0 Å². The minimum absolute atomic E-state index is 0.423. The van der Waals surface area contributed by atoms with E-state index in [1.807, 2.05) is 0 Å². The normalized spacial score (nSPS) is 19.5. The van der Waals surface area contributed by atoms with Crippen molar-refractivity contribution in [3.63, 3.8) is 0 Å². The molecule has 4 heteroatoms. The fraction of sp³-hybridized carbons (Fsp3) is 0.846. The Labute approximate surface area is 108 Å². The molecule has 0 bridgehead atoms. The standard InChI is InChI=1S/C13H23N3S/c1-10(2)11-15-12(17-16-11)14-9-13(3)7-5-4-6-8-13/h10H,4-9H2,1-3H3,(H,14,15,16). The molecule has 1 aliphatic rings. The molecule has 1 heterocycles. The summed E-state index contributed by atoms with van der Waals surface area (Å²) in [4.78, 5) is 4.52. The minimum atomic E-state index is 0.423. The average Bonchev–Trinajstić information content (AvgIpc) is 2.76. The maximum atomic E-state index is 4.52. The molecule has 0 atom stereocenters. The molecule has 1 fully saturated rings. The van der Waals surface area contributed by atoms with Crippen molar-refractivity contribution in [2.24, 2.45) is 5.41 Å². The summed E-state index contributed by atoms with van der Waals surface area (Å²) in [5.74, 6) is 1.39. The Morgan fingerprint density at radius 3 is 2.59 bits per heavy atom. The maximum absolute atomic E-state index is 4.52. The predicted molar refractivity (Wildman–Crippen MR) is 73.7 cm³/mol. The second kappa shape index (κ2) is 5.34. The molecule has 1 aromatic heterocycles. The lowest BCUT2D eigenvalue weighted by atomic mass is 9.76. The van der Waals surface area contributed by atoms with Crippen molar-refractivity contribution in [3.8, 4) is 0 Å². The van der Waals surface area contributed by atoms with Crippen LogP contribution in [0, 0.1) is 5.41 Å². The van der Waals surface area contributed by atoms with Crippen LogP contribution < -0.4 is 5.32 Å². The summed E-state index contributed by atoms with van der Waals surface area (Å²) in [5.41, 5.74) is 0.460. The second-order valence-corrected chi connectivity index (χ2v) is 6.59. The zero-order valence-electron chi connectivity index (χ0n) is 11.1. The van der Waals surface area contributed by atoms with Crippen LogP contribution in [0.15, 0.2) is 0 Å². The fourth-order valence-corrected chi connectivity index (χ4v) is 3.11. The van der Waals surface area contributed by atoms with E-state index in [0.29, 0.717) is 11.3 Å². The van der Waals surface area contributed by atoms with Crippen LogP contribution >= 0.6 is 11.5 Å². The molecule has 0 aromatic carbocycles. The van der Waals surface area contributed by atoms with Crippen molar-refractivity contribution in [3.05, 3.63) is 5.82 Å². The smallest absolute Gasteiger partial charge is 0.202 e. The SMILES string of the molecule is CC(C)c1nsc(NCC2(C)CCCCC2)n1. The van der Waals surface area contributed by atoms with Gasteiger partial charge in [0.25, 0.3) is 0 Å². The minimum Gasteiger partial charge on any atom is -0.360 e. The molecule has 0 radical (unpaired) electrons. The number of anilines is 1. The highest BCUT2D eigenvalue weighted by atomic mass is 32.1. The third-order valence-corrected chi connectivity index (χ3v) is 4.37. The molecule has 17 heavy (non-hydrogen) atoms. The second-order valence-electron chi connectivity index (χ2n) is 5.84. The Hall–Kier alpha value is -0.640. The van der Waals surface area contributed by atoms with Gasteiger partial charge in [0.05, 0.1) is 0 Å². The van der Waals surface area contributed by atoms with Gasteiger partial charge in [-0.1, -0.05) is 40.0 Å². The van der Waals surface area contributed by atoms with Crippen molar-refractivity contribution in [1.82, 2.24) is 9.36 Å². The van der Waals surface area contributed by atoms with E-state index in [4.69, 9.17) is 0 Å². The Kier molecular flexibility index (Phi) is 4.02. The Morgan fingerprint density at radius 1 is 1.29 bits per heavy atom. The van der Waals surface area contributed by atoms with Crippen LogP contribution in [0.25, 0.3) is 0 Å². The number of hydrogen-bond acceptors (Lipinski definition) is 4. The monoisotopic (exact) mass is 253 g/mol. The fourth-order valence-electron chi connectivity index (χ4n) is 2.41. The molecule has 0 amide bonds. The molecule has 1 N–H and O–H groups in total. The lowest BCUT2D eigenvalue weighted by Crippen LogP contribution is -2.28. The van der Waals surface area contributed by atoms with E-state index in [1.54, 1.807) is 0 Å². The first-order chi connectivity index (χ1) is 8.09. The molecule has 1 saturated carbocycles. The van der Waals surface area contributed by atoms with Crippen molar-refractivity contribution in [2.45, 2.75) is 58.8 Å². The van der Waals surface area contributed by atoms with Crippen LogP contribution in [-0.2, 0) is 0 Å². The lowest BCUT2D eigenvalue weighted by molar-refractivity contribution is 0.233. The van der Waals surface area contributed by atoms with E-state index in [2.05, 4.69) is 35.4 Å². The first kappa shape index (κ1) is 12.8. The third-order valence-electron chi connectivity index (χ3n) is 3.69. The van der Waals surface area contributed by atoms with Crippen molar-refractivity contribution < 1.29 is 0 Å².